The molecule has 1 aliphatic heterocycles. The highest BCUT2D eigenvalue weighted by atomic mass is 16.7. The molecule has 0 fully saturated rings. The van der Waals surface area contributed by atoms with E-state index in [2.05, 4.69) is 5.32 Å². The summed E-state index contributed by atoms with van der Waals surface area (Å²) in [6.07, 6.45) is -0.957. The van der Waals surface area contributed by atoms with Gasteiger partial charge < -0.3 is 19.5 Å². The minimum Gasteiger partial charge on any atom is -0.454 e. The molecular formula is C23H19NO5. The molecule has 0 spiro atoms. The Morgan fingerprint density at radius 2 is 1.59 bits per heavy atom. The van der Waals surface area contributed by atoms with Crippen LogP contribution in [-0.2, 0) is 9.53 Å². The predicted molar refractivity (Wildman–Crippen MR) is 108 cm³/mol. The van der Waals surface area contributed by atoms with Crippen LogP contribution < -0.4 is 14.8 Å². The number of hydrogen-bond acceptors (Lipinski definition) is 5. The molecule has 0 saturated heterocycles. The van der Waals surface area contributed by atoms with Crippen molar-refractivity contribution in [1.82, 2.24) is 0 Å². The Kier molecular flexibility index (Phi) is 5.16. The first-order valence-corrected chi connectivity index (χ1v) is 9.17. The van der Waals surface area contributed by atoms with Crippen molar-refractivity contribution in [1.29, 1.82) is 0 Å². The Hall–Kier alpha value is -3.80. The van der Waals surface area contributed by atoms with Crippen molar-refractivity contribution in [3.8, 4) is 22.6 Å². The molecule has 4 rings (SSSR count). The maximum absolute atomic E-state index is 12.4. The summed E-state index contributed by atoms with van der Waals surface area (Å²) in [6, 6.07) is 22.0. The van der Waals surface area contributed by atoms with Gasteiger partial charge in [-0.1, -0.05) is 42.5 Å². The second kappa shape index (κ2) is 8.06. The molecule has 1 N–H and O–H groups in total. The molecule has 29 heavy (non-hydrogen) atoms. The Labute approximate surface area is 168 Å². The normalized spacial score (nSPS) is 12.9. The third kappa shape index (κ3) is 4.21. The van der Waals surface area contributed by atoms with Crippen LogP contribution >= 0.6 is 0 Å². The van der Waals surface area contributed by atoms with Crippen molar-refractivity contribution in [3.63, 3.8) is 0 Å². The molecule has 0 unspecified atom stereocenters. The van der Waals surface area contributed by atoms with Crippen LogP contribution in [0.4, 0.5) is 5.69 Å². The van der Waals surface area contributed by atoms with Gasteiger partial charge in [0, 0.05) is 11.8 Å². The standard InChI is InChI=1S/C23H19NO5/c1-15(22(25)24-19-11-12-20-21(13-19)28-14-27-20)29-23(26)18-9-7-17(8-10-18)16-5-3-2-4-6-16/h2-13,15H,14H2,1H3,(H,24,25)/t15-/m1/s1. The topological polar surface area (TPSA) is 73.9 Å². The summed E-state index contributed by atoms with van der Waals surface area (Å²) < 4.78 is 15.8. The largest absolute Gasteiger partial charge is 0.454 e. The number of carbonyl (C=O) groups excluding carboxylic acids is 2. The Balaban J connectivity index is 1.36. The van der Waals surface area contributed by atoms with Crippen molar-refractivity contribution in [2.45, 2.75) is 13.0 Å². The molecule has 0 bridgehead atoms. The van der Waals surface area contributed by atoms with Gasteiger partial charge in [-0.25, -0.2) is 4.79 Å². The highest BCUT2D eigenvalue weighted by molar-refractivity contribution is 5.97. The maximum atomic E-state index is 12.4. The average Bonchev–Trinajstić information content (AvgIpc) is 3.22. The lowest BCUT2D eigenvalue weighted by atomic mass is 10.0. The summed E-state index contributed by atoms with van der Waals surface area (Å²) in [5, 5.41) is 2.71. The van der Waals surface area contributed by atoms with Gasteiger partial charge in [-0.2, -0.15) is 0 Å². The maximum Gasteiger partial charge on any atom is 0.338 e. The predicted octanol–water partition coefficient (Wildman–Crippen LogP) is 4.27. The van der Waals surface area contributed by atoms with Gasteiger partial charge in [-0.05, 0) is 42.3 Å². The summed E-state index contributed by atoms with van der Waals surface area (Å²) in [5.41, 5.74) is 2.97. The molecule has 6 heteroatoms. The van der Waals surface area contributed by atoms with E-state index in [1.165, 1.54) is 6.92 Å². The number of ether oxygens (including phenoxy) is 3. The monoisotopic (exact) mass is 389 g/mol. The van der Waals surface area contributed by atoms with Gasteiger partial charge in [0.1, 0.15) is 0 Å². The number of carbonyl (C=O) groups is 2. The highest BCUT2D eigenvalue weighted by Crippen LogP contribution is 2.34. The zero-order chi connectivity index (χ0) is 20.2. The minimum absolute atomic E-state index is 0.157. The van der Waals surface area contributed by atoms with Crippen molar-refractivity contribution in [2.24, 2.45) is 0 Å². The van der Waals surface area contributed by atoms with E-state index in [4.69, 9.17) is 14.2 Å². The van der Waals surface area contributed by atoms with Crippen molar-refractivity contribution < 1.29 is 23.8 Å². The number of nitrogens with one attached hydrogen (secondary N) is 1. The van der Waals surface area contributed by atoms with Gasteiger partial charge in [0.05, 0.1) is 5.56 Å². The molecule has 1 amide bonds. The van der Waals surface area contributed by atoms with Gasteiger partial charge in [-0.3, -0.25) is 4.79 Å². The van der Waals surface area contributed by atoms with E-state index >= 15 is 0 Å². The molecule has 0 saturated carbocycles. The molecule has 0 aromatic heterocycles. The number of benzene rings is 3. The van der Waals surface area contributed by atoms with E-state index in [9.17, 15) is 9.59 Å². The fourth-order valence-electron chi connectivity index (χ4n) is 2.93. The number of rotatable bonds is 5. The van der Waals surface area contributed by atoms with Gasteiger partial charge in [0.25, 0.3) is 5.91 Å². The van der Waals surface area contributed by atoms with Gasteiger partial charge >= 0.3 is 5.97 Å². The molecule has 0 radical (unpaired) electrons. The summed E-state index contributed by atoms with van der Waals surface area (Å²) in [7, 11) is 0. The number of hydrogen-bond donors (Lipinski definition) is 1. The Morgan fingerprint density at radius 3 is 2.34 bits per heavy atom. The van der Waals surface area contributed by atoms with Crippen molar-refractivity contribution in [3.05, 3.63) is 78.4 Å². The Bertz CT molecular complexity index is 1030. The second-order valence-corrected chi connectivity index (χ2v) is 6.55. The number of anilines is 1. The van der Waals surface area contributed by atoms with Crippen LogP contribution in [0.1, 0.15) is 17.3 Å². The van der Waals surface area contributed by atoms with E-state index in [-0.39, 0.29) is 6.79 Å². The van der Waals surface area contributed by atoms with Gasteiger partial charge in [0.15, 0.2) is 17.6 Å². The molecule has 146 valence electrons. The third-order valence-electron chi connectivity index (χ3n) is 4.52. The van der Waals surface area contributed by atoms with E-state index in [1.54, 1.807) is 30.3 Å². The van der Waals surface area contributed by atoms with Crippen molar-refractivity contribution in [2.75, 3.05) is 12.1 Å². The molecule has 0 aliphatic carbocycles. The third-order valence-corrected chi connectivity index (χ3v) is 4.52. The van der Waals surface area contributed by atoms with Crippen LogP contribution in [0.2, 0.25) is 0 Å². The number of esters is 1. The zero-order valence-corrected chi connectivity index (χ0v) is 15.8. The minimum atomic E-state index is -0.957. The molecular weight excluding hydrogens is 370 g/mol. The van der Waals surface area contributed by atoms with Gasteiger partial charge in [0.2, 0.25) is 6.79 Å². The van der Waals surface area contributed by atoms with E-state index in [0.29, 0.717) is 22.7 Å². The zero-order valence-electron chi connectivity index (χ0n) is 15.8. The van der Waals surface area contributed by atoms with Crippen LogP contribution in [0.5, 0.6) is 11.5 Å². The van der Waals surface area contributed by atoms with E-state index < -0.39 is 18.0 Å². The molecule has 3 aromatic carbocycles. The summed E-state index contributed by atoms with van der Waals surface area (Å²) in [4.78, 5) is 24.7. The molecule has 6 nitrogen and oxygen atoms in total. The van der Waals surface area contributed by atoms with E-state index in [1.807, 2.05) is 42.5 Å². The molecule has 1 atom stereocenters. The Morgan fingerprint density at radius 1 is 0.897 bits per heavy atom. The SMILES string of the molecule is C[C@@H](OC(=O)c1ccc(-c2ccccc2)cc1)C(=O)Nc1ccc2c(c1)OCO2. The smallest absolute Gasteiger partial charge is 0.338 e. The summed E-state index contributed by atoms with van der Waals surface area (Å²) in [6.45, 7) is 1.68. The van der Waals surface area contributed by atoms with Gasteiger partial charge in [-0.15, -0.1) is 0 Å². The first-order chi connectivity index (χ1) is 14.1. The average molecular weight is 389 g/mol. The quantitative estimate of drug-likeness (QED) is 0.660. The fourth-order valence-corrected chi connectivity index (χ4v) is 2.93. The second-order valence-electron chi connectivity index (χ2n) is 6.55. The first-order valence-electron chi connectivity index (χ1n) is 9.17. The summed E-state index contributed by atoms with van der Waals surface area (Å²) in [5.74, 6) is 0.198. The number of fused-ring (bicyclic) bond motifs is 1. The van der Waals surface area contributed by atoms with Crippen molar-refractivity contribution >= 4 is 17.6 Å². The lowest BCUT2D eigenvalue weighted by Gasteiger charge is -2.14. The van der Waals surface area contributed by atoms with Crippen LogP contribution in [0.15, 0.2) is 72.8 Å². The lowest BCUT2D eigenvalue weighted by molar-refractivity contribution is -0.123. The first kappa shape index (κ1) is 18.6. The summed E-state index contributed by atoms with van der Waals surface area (Å²) >= 11 is 0. The van der Waals surface area contributed by atoms with Crippen LogP contribution in [0, 0.1) is 0 Å². The van der Waals surface area contributed by atoms with E-state index in [0.717, 1.165) is 11.1 Å². The fraction of sp³-hybridized carbons (Fsp3) is 0.130. The molecule has 1 aliphatic rings. The van der Waals surface area contributed by atoms with Crippen LogP contribution in [0.25, 0.3) is 11.1 Å². The van der Waals surface area contributed by atoms with Crippen LogP contribution in [0.3, 0.4) is 0 Å². The molecule has 3 aromatic rings. The van der Waals surface area contributed by atoms with Crippen LogP contribution in [-0.4, -0.2) is 24.8 Å². The molecule has 1 heterocycles. The number of amides is 1. The highest BCUT2D eigenvalue weighted by Gasteiger charge is 2.20. The lowest BCUT2D eigenvalue weighted by Crippen LogP contribution is -2.30.